The molecule has 1 saturated carbocycles. The molecule has 7 rings (SSSR count). The molecule has 2 aromatic heterocycles. The van der Waals surface area contributed by atoms with E-state index in [1.165, 1.54) is 57.6 Å². The Kier molecular flexibility index (Phi) is 2.66. The SMILES string of the molecule is Cc1cc(C)c2c(c1)c1ccccc1c1nc3cc4c(cc3n12)C1CCC4C1. The lowest BCUT2D eigenvalue weighted by Crippen LogP contribution is -1.99. The second-order valence-corrected chi connectivity index (χ2v) is 8.97. The summed E-state index contributed by atoms with van der Waals surface area (Å²) in [6.07, 6.45) is 4.08. The van der Waals surface area contributed by atoms with E-state index in [1.54, 1.807) is 11.1 Å². The summed E-state index contributed by atoms with van der Waals surface area (Å²) in [5.41, 5.74) is 10.7. The van der Waals surface area contributed by atoms with Gasteiger partial charge >= 0.3 is 0 Å². The average Bonchev–Trinajstić information content (AvgIpc) is 3.39. The van der Waals surface area contributed by atoms with Crippen molar-refractivity contribution in [2.24, 2.45) is 0 Å². The van der Waals surface area contributed by atoms with E-state index in [0.717, 1.165) is 23.0 Å². The Morgan fingerprint density at radius 1 is 0.857 bits per heavy atom. The highest BCUT2D eigenvalue weighted by molar-refractivity contribution is 6.14. The van der Waals surface area contributed by atoms with Crippen LogP contribution in [0.2, 0.25) is 0 Å². The lowest BCUT2D eigenvalue weighted by atomic mass is 9.91. The van der Waals surface area contributed by atoms with Crippen molar-refractivity contribution < 1.29 is 0 Å². The zero-order chi connectivity index (χ0) is 18.6. The highest BCUT2D eigenvalue weighted by atomic mass is 15.0. The number of nitrogens with zero attached hydrogens (tertiary/aromatic N) is 2. The summed E-state index contributed by atoms with van der Waals surface area (Å²) in [4.78, 5) is 5.18. The average molecular weight is 362 g/mol. The van der Waals surface area contributed by atoms with Crippen molar-refractivity contribution in [1.82, 2.24) is 9.38 Å². The molecule has 0 aliphatic heterocycles. The molecule has 5 aromatic rings. The lowest BCUT2D eigenvalue weighted by molar-refractivity contribution is 0.718. The fraction of sp³-hybridized carbons (Fsp3) is 0.269. The van der Waals surface area contributed by atoms with E-state index in [0.29, 0.717) is 0 Å². The quantitative estimate of drug-likeness (QED) is 0.278. The van der Waals surface area contributed by atoms with Crippen molar-refractivity contribution in [2.45, 2.75) is 44.9 Å². The molecule has 1 fully saturated rings. The normalized spacial score (nSPS) is 20.8. The van der Waals surface area contributed by atoms with Gasteiger partial charge in [0.15, 0.2) is 0 Å². The van der Waals surface area contributed by atoms with Crippen LogP contribution in [0, 0.1) is 13.8 Å². The first-order valence-corrected chi connectivity index (χ1v) is 10.5. The van der Waals surface area contributed by atoms with Gasteiger partial charge in [0.2, 0.25) is 0 Å². The van der Waals surface area contributed by atoms with Crippen molar-refractivity contribution in [3.8, 4) is 0 Å². The maximum absolute atomic E-state index is 5.18. The van der Waals surface area contributed by atoms with E-state index < -0.39 is 0 Å². The third kappa shape index (κ3) is 1.72. The molecule has 2 aliphatic rings. The first kappa shape index (κ1) is 15.1. The van der Waals surface area contributed by atoms with E-state index in [9.17, 15) is 0 Å². The van der Waals surface area contributed by atoms with Gasteiger partial charge in [0.05, 0.1) is 16.6 Å². The van der Waals surface area contributed by atoms with Crippen LogP contribution >= 0.6 is 0 Å². The van der Waals surface area contributed by atoms with Crippen molar-refractivity contribution in [3.63, 3.8) is 0 Å². The highest BCUT2D eigenvalue weighted by Gasteiger charge is 2.37. The van der Waals surface area contributed by atoms with Gasteiger partial charge in [-0.1, -0.05) is 35.9 Å². The smallest absolute Gasteiger partial charge is 0.146 e. The van der Waals surface area contributed by atoms with Crippen molar-refractivity contribution >= 4 is 38.4 Å². The molecular weight excluding hydrogens is 340 g/mol. The van der Waals surface area contributed by atoms with Gasteiger partial charge in [-0.05, 0) is 85.2 Å². The first-order chi connectivity index (χ1) is 13.7. The first-order valence-electron chi connectivity index (χ1n) is 10.5. The molecule has 0 saturated heterocycles. The van der Waals surface area contributed by atoms with Crippen molar-refractivity contribution in [1.29, 1.82) is 0 Å². The van der Waals surface area contributed by atoms with Gasteiger partial charge in [0.1, 0.15) is 5.65 Å². The van der Waals surface area contributed by atoms with Crippen LogP contribution in [0.15, 0.2) is 48.5 Å². The van der Waals surface area contributed by atoms with E-state index in [2.05, 4.69) is 66.8 Å². The van der Waals surface area contributed by atoms with Gasteiger partial charge in [0.25, 0.3) is 0 Å². The highest BCUT2D eigenvalue weighted by Crippen LogP contribution is 2.54. The maximum Gasteiger partial charge on any atom is 0.146 e. The molecule has 2 unspecified atom stereocenters. The van der Waals surface area contributed by atoms with Crippen LogP contribution in [0.25, 0.3) is 38.4 Å². The molecule has 136 valence electrons. The van der Waals surface area contributed by atoms with Gasteiger partial charge in [0, 0.05) is 10.8 Å². The summed E-state index contributed by atoms with van der Waals surface area (Å²) in [6, 6.07) is 18.3. The Labute approximate surface area is 163 Å². The fourth-order valence-corrected chi connectivity index (χ4v) is 6.19. The van der Waals surface area contributed by atoms with Crippen LogP contribution in [0.4, 0.5) is 0 Å². The number of rotatable bonds is 0. The van der Waals surface area contributed by atoms with Crippen LogP contribution in [-0.4, -0.2) is 9.38 Å². The molecule has 2 heterocycles. The lowest BCUT2D eigenvalue weighted by Gasteiger charge is -2.15. The van der Waals surface area contributed by atoms with Crippen LogP contribution in [0.3, 0.4) is 0 Å². The minimum atomic E-state index is 0.769. The van der Waals surface area contributed by atoms with Crippen LogP contribution in [0.1, 0.15) is 53.4 Å². The summed E-state index contributed by atoms with van der Waals surface area (Å²) >= 11 is 0. The minimum absolute atomic E-state index is 0.769. The molecule has 0 N–H and O–H groups in total. The number of aromatic nitrogens is 2. The summed E-state index contributed by atoms with van der Waals surface area (Å²) in [5.74, 6) is 1.54. The summed E-state index contributed by atoms with van der Waals surface area (Å²) < 4.78 is 2.44. The Balaban J connectivity index is 1.76. The molecule has 0 radical (unpaired) electrons. The van der Waals surface area contributed by atoms with Gasteiger partial charge in [-0.25, -0.2) is 4.98 Å². The molecule has 0 spiro atoms. The van der Waals surface area contributed by atoms with E-state index >= 15 is 0 Å². The van der Waals surface area contributed by atoms with Crippen LogP contribution < -0.4 is 0 Å². The van der Waals surface area contributed by atoms with Gasteiger partial charge in [-0.2, -0.15) is 0 Å². The van der Waals surface area contributed by atoms with E-state index in [-0.39, 0.29) is 0 Å². The number of pyridine rings is 1. The monoisotopic (exact) mass is 362 g/mol. The van der Waals surface area contributed by atoms with Crippen molar-refractivity contribution in [2.75, 3.05) is 0 Å². The topological polar surface area (TPSA) is 17.3 Å². The summed E-state index contributed by atoms with van der Waals surface area (Å²) in [5, 5.41) is 3.89. The van der Waals surface area contributed by atoms with Crippen LogP contribution in [0.5, 0.6) is 0 Å². The van der Waals surface area contributed by atoms with E-state index in [1.807, 2.05) is 0 Å². The van der Waals surface area contributed by atoms with Gasteiger partial charge < -0.3 is 0 Å². The molecule has 28 heavy (non-hydrogen) atoms. The minimum Gasteiger partial charge on any atom is -0.291 e. The maximum atomic E-state index is 5.18. The zero-order valence-corrected chi connectivity index (χ0v) is 16.3. The molecule has 3 aromatic carbocycles. The Morgan fingerprint density at radius 3 is 2.43 bits per heavy atom. The Morgan fingerprint density at radius 2 is 1.61 bits per heavy atom. The largest absolute Gasteiger partial charge is 0.291 e. The number of imidazole rings is 1. The van der Waals surface area contributed by atoms with Crippen molar-refractivity contribution in [3.05, 3.63) is 70.8 Å². The number of benzene rings is 3. The summed E-state index contributed by atoms with van der Waals surface area (Å²) in [7, 11) is 0. The summed E-state index contributed by atoms with van der Waals surface area (Å²) in [6.45, 7) is 4.44. The molecule has 0 amide bonds. The van der Waals surface area contributed by atoms with Gasteiger partial charge in [-0.3, -0.25) is 4.40 Å². The predicted molar refractivity (Wildman–Crippen MR) is 117 cm³/mol. The second kappa shape index (κ2) is 4.94. The second-order valence-electron chi connectivity index (χ2n) is 8.97. The number of aryl methyl sites for hydroxylation is 2. The number of hydrogen-bond donors (Lipinski definition) is 0. The third-order valence-electron chi connectivity index (χ3n) is 7.30. The fourth-order valence-electron chi connectivity index (χ4n) is 6.19. The standard InChI is InChI=1S/C26H22N2/c1-14-9-15(2)25-22(10-14)18-5-3-4-6-19(18)26-27-23-12-20-16-7-8-17(11-16)21(20)13-24(23)28(25)26/h3-6,9-10,12-13,16-17H,7-8,11H2,1-2H3. The molecule has 2 heteroatoms. The zero-order valence-electron chi connectivity index (χ0n) is 16.3. The molecule has 2 bridgehead atoms. The Bertz CT molecular complexity index is 1470. The predicted octanol–water partition coefficient (Wildman–Crippen LogP) is 6.78. The Hall–Kier alpha value is -2.87. The number of hydrogen-bond acceptors (Lipinski definition) is 1. The van der Waals surface area contributed by atoms with Gasteiger partial charge in [-0.15, -0.1) is 0 Å². The third-order valence-corrected chi connectivity index (χ3v) is 7.30. The molecule has 2 atom stereocenters. The van der Waals surface area contributed by atoms with E-state index in [4.69, 9.17) is 4.98 Å². The molecule has 2 aliphatic carbocycles. The van der Waals surface area contributed by atoms with Crippen LogP contribution in [-0.2, 0) is 0 Å². The number of fused-ring (bicyclic) bond motifs is 13. The molecule has 2 nitrogen and oxygen atoms in total. The molecular formula is C26H22N2.